The van der Waals surface area contributed by atoms with E-state index in [0.29, 0.717) is 0 Å². The first kappa shape index (κ1) is 11.5. The van der Waals surface area contributed by atoms with Crippen LogP contribution < -0.4 is 10.6 Å². The summed E-state index contributed by atoms with van der Waals surface area (Å²) in [6.07, 6.45) is 2.90. The maximum Gasteiger partial charge on any atom is 0.127 e. The lowest BCUT2D eigenvalue weighted by atomic mass is 10.3. The Morgan fingerprint density at radius 1 is 1.06 bits per heavy atom. The van der Waals surface area contributed by atoms with Crippen LogP contribution in [0.3, 0.4) is 0 Å². The van der Waals surface area contributed by atoms with Crippen molar-refractivity contribution in [1.29, 1.82) is 0 Å². The second-order valence-electron chi connectivity index (χ2n) is 3.85. The molecule has 3 heteroatoms. The summed E-state index contributed by atoms with van der Waals surface area (Å²) in [5.74, 6) is 0.910. The third kappa shape index (κ3) is 3.48. The summed E-state index contributed by atoms with van der Waals surface area (Å²) in [7, 11) is 0. The topological polar surface area (TPSA) is 37.0 Å². The van der Waals surface area contributed by atoms with E-state index in [4.69, 9.17) is 0 Å². The minimum absolute atomic E-state index is 0.910. The number of nitrogens with one attached hydrogen (secondary N) is 2. The van der Waals surface area contributed by atoms with Gasteiger partial charge in [-0.05, 0) is 24.6 Å². The molecule has 2 N–H and O–H groups in total. The number of hydrogen-bond donors (Lipinski definition) is 2. The van der Waals surface area contributed by atoms with Gasteiger partial charge in [0.15, 0.2) is 0 Å². The largest absolute Gasteiger partial charge is 0.370 e. The van der Waals surface area contributed by atoms with Gasteiger partial charge in [-0.3, -0.25) is 0 Å². The molecule has 88 valence electrons. The van der Waals surface area contributed by atoms with Gasteiger partial charge in [-0.25, -0.2) is 4.98 Å². The Morgan fingerprint density at radius 2 is 1.88 bits per heavy atom. The van der Waals surface area contributed by atoms with Crippen LogP contribution in [-0.4, -0.2) is 11.5 Å². The molecule has 17 heavy (non-hydrogen) atoms. The van der Waals surface area contributed by atoms with Gasteiger partial charge < -0.3 is 10.6 Å². The van der Waals surface area contributed by atoms with E-state index in [1.807, 2.05) is 48.7 Å². The van der Waals surface area contributed by atoms with Crippen molar-refractivity contribution < 1.29 is 0 Å². The quantitative estimate of drug-likeness (QED) is 0.818. The van der Waals surface area contributed by atoms with Crippen molar-refractivity contribution in [2.45, 2.75) is 13.3 Å². The van der Waals surface area contributed by atoms with Gasteiger partial charge in [-0.1, -0.05) is 25.1 Å². The normalized spacial score (nSPS) is 9.94. The second-order valence-corrected chi connectivity index (χ2v) is 3.85. The lowest BCUT2D eigenvalue weighted by Gasteiger charge is -2.08. The van der Waals surface area contributed by atoms with Gasteiger partial charge in [-0.15, -0.1) is 0 Å². The van der Waals surface area contributed by atoms with Gasteiger partial charge in [-0.2, -0.15) is 0 Å². The summed E-state index contributed by atoms with van der Waals surface area (Å²) in [6, 6.07) is 14.1. The van der Waals surface area contributed by atoms with Crippen molar-refractivity contribution in [2.24, 2.45) is 0 Å². The first-order valence-electron chi connectivity index (χ1n) is 5.90. The highest BCUT2D eigenvalue weighted by molar-refractivity contribution is 5.62. The number of hydrogen-bond acceptors (Lipinski definition) is 3. The standard InChI is InChI=1S/C14H17N3/c1-2-9-15-14-11-13(8-10-16-14)17-12-6-4-3-5-7-12/h3-8,10-11H,2,9H2,1H3,(H2,15,16,17). The molecule has 0 saturated carbocycles. The molecule has 3 nitrogen and oxygen atoms in total. The van der Waals surface area contributed by atoms with Gasteiger partial charge in [0, 0.05) is 30.2 Å². The van der Waals surface area contributed by atoms with E-state index in [0.717, 1.165) is 30.2 Å². The van der Waals surface area contributed by atoms with Crippen molar-refractivity contribution in [1.82, 2.24) is 4.98 Å². The molecule has 0 saturated heterocycles. The maximum absolute atomic E-state index is 4.27. The second kappa shape index (κ2) is 5.89. The van der Waals surface area contributed by atoms with Gasteiger partial charge in [0.2, 0.25) is 0 Å². The van der Waals surface area contributed by atoms with Crippen molar-refractivity contribution in [2.75, 3.05) is 17.2 Å². The maximum atomic E-state index is 4.27. The van der Waals surface area contributed by atoms with E-state index < -0.39 is 0 Å². The molecule has 0 aliphatic carbocycles. The van der Waals surface area contributed by atoms with Crippen LogP contribution in [0, 0.1) is 0 Å². The smallest absolute Gasteiger partial charge is 0.127 e. The Balaban J connectivity index is 2.06. The van der Waals surface area contributed by atoms with Gasteiger partial charge >= 0.3 is 0 Å². The Hall–Kier alpha value is -2.03. The van der Waals surface area contributed by atoms with Crippen LogP contribution in [0.2, 0.25) is 0 Å². The zero-order valence-corrected chi connectivity index (χ0v) is 9.98. The first-order chi connectivity index (χ1) is 8.38. The van der Waals surface area contributed by atoms with Crippen LogP contribution in [0.1, 0.15) is 13.3 Å². The molecule has 1 aromatic heterocycles. The van der Waals surface area contributed by atoms with Crippen molar-refractivity contribution >= 4 is 17.2 Å². The fraction of sp³-hybridized carbons (Fsp3) is 0.214. The zero-order chi connectivity index (χ0) is 11.9. The Morgan fingerprint density at radius 3 is 2.65 bits per heavy atom. The van der Waals surface area contributed by atoms with E-state index in [-0.39, 0.29) is 0 Å². The van der Waals surface area contributed by atoms with Gasteiger partial charge in [0.25, 0.3) is 0 Å². The van der Waals surface area contributed by atoms with E-state index in [9.17, 15) is 0 Å². The van der Waals surface area contributed by atoms with Gasteiger partial charge in [0.1, 0.15) is 5.82 Å². The third-order valence-corrected chi connectivity index (χ3v) is 2.38. The molecule has 0 radical (unpaired) electrons. The molecule has 0 spiro atoms. The van der Waals surface area contributed by atoms with E-state index in [2.05, 4.69) is 22.5 Å². The molecule has 0 fully saturated rings. The van der Waals surface area contributed by atoms with Crippen molar-refractivity contribution in [3.05, 3.63) is 48.7 Å². The molecule has 1 heterocycles. The number of rotatable bonds is 5. The zero-order valence-electron chi connectivity index (χ0n) is 9.98. The number of anilines is 3. The van der Waals surface area contributed by atoms with E-state index in [1.54, 1.807) is 0 Å². The van der Waals surface area contributed by atoms with Crippen LogP contribution in [0.5, 0.6) is 0 Å². The minimum Gasteiger partial charge on any atom is -0.370 e. The Kier molecular flexibility index (Phi) is 3.97. The SMILES string of the molecule is CCCNc1cc(Nc2ccccc2)ccn1. The lowest BCUT2D eigenvalue weighted by molar-refractivity contribution is 0.969. The van der Waals surface area contributed by atoms with Gasteiger partial charge in [0.05, 0.1) is 0 Å². The molecule has 0 bridgehead atoms. The molecule has 0 aliphatic heterocycles. The summed E-state index contributed by atoms with van der Waals surface area (Å²) in [4.78, 5) is 4.27. The predicted molar refractivity (Wildman–Crippen MR) is 72.7 cm³/mol. The lowest BCUT2D eigenvalue weighted by Crippen LogP contribution is -2.02. The summed E-state index contributed by atoms with van der Waals surface area (Å²) >= 11 is 0. The highest BCUT2D eigenvalue weighted by Crippen LogP contribution is 2.17. The number of aromatic nitrogens is 1. The molecule has 0 atom stereocenters. The van der Waals surface area contributed by atoms with E-state index in [1.165, 1.54) is 0 Å². The molecular formula is C14H17N3. The summed E-state index contributed by atoms with van der Waals surface area (Å²) < 4.78 is 0. The average molecular weight is 227 g/mol. The van der Waals surface area contributed by atoms with Crippen LogP contribution in [0.15, 0.2) is 48.7 Å². The average Bonchev–Trinajstić information content (AvgIpc) is 2.38. The molecule has 2 aromatic rings. The number of nitrogens with zero attached hydrogens (tertiary/aromatic N) is 1. The van der Waals surface area contributed by atoms with Crippen molar-refractivity contribution in [3.63, 3.8) is 0 Å². The minimum atomic E-state index is 0.910. The molecule has 0 aliphatic rings. The number of benzene rings is 1. The monoisotopic (exact) mass is 227 g/mol. The van der Waals surface area contributed by atoms with Crippen LogP contribution in [0.4, 0.5) is 17.2 Å². The van der Waals surface area contributed by atoms with Crippen LogP contribution in [-0.2, 0) is 0 Å². The Bertz CT molecular complexity index is 454. The molecule has 2 rings (SSSR count). The Labute approximate surface area is 102 Å². The number of para-hydroxylation sites is 1. The molecule has 0 unspecified atom stereocenters. The number of pyridine rings is 1. The summed E-state index contributed by atoms with van der Waals surface area (Å²) in [5, 5.41) is 6.61. The predicted octanol–water partition coefficient (Wildman–Crippen LogP) is 3.65. The third-order valence-electron chi connectivity index (χ3n) is 2.38. The molecule has 0 amide bonds. The van der Waals surface area contributed by atoms with E-state index >= 15 is 0 Å². The summed E-state index contributed by atoms with van der Waals surface area (Å²) in [5.41, 5.74) is 2.13. The van der Waals surface area contributed by atoms with Crippen LogP contribution in [0.25, 0.3) is 0 Å². The summed E-state index contributed by atoms with van der Waals surface area (Å²) in [6.45, 7) is 3.08. The van der Waals surface area contributed by atoms with Crippen LogP contribution >= 0.6 is 0 Å². The fourth-order valence-electron chi connectivity index (χ4n) is 1.55. The highest BCUT2D eigenvalue weighted by atomic mass is 15.0. The molecule has 1 aromatic carbocycles. The molecular weight excluding hydrogens is 210 g/mol. The van der Waals surface area contributed by atoms with Crippen molar-refractivity contribution in [3.8, 4) is 0 Å². The highest BCUT2D eigenvalue weighted by Gasteiger charge is 1.96. The first-order valence-corrected chi connectivity index (χ1v) is 5.90. The fourth-order valence-corrected chi connectivity index (χ4v) is 1.55.